The number of allylic oxidation sites excluding steroid dienone is 4. The second-order valence-electron chi connectivity index (χ2n) is 24.7. The molecule has 0 aliphatic heterocycles. The summed E-state index contributed by atoms with van der Waals surface area (Å²) in [4.78, 5) is 72.3. The summed E-state index contributed by atoms with van der Waals surface area (Å²) in [6.07, 6.45) is 42.7. The smallest absolute Gasteiger partial charge is 0.462 e. The molecule has 0 aromatic heterocycles. The molecule has 0 aliphatic carbocycles. The van der Waals surface area contributed by atoms with E-state index in [0.29, 0.717) is 31.6 Å². The maximum absolute atomic E-state index is 13.0. The van der Waals surface area contributed by atoms with Gasteiger partial charge in [-0.15, -0.1) is 0 Å². The van der Waals surface area contributed by atoms with Gasteiger partial charge in [0.1, 0.15) is 19.3 Å². The quantitative estimate of drug-likeness (QED) is 0.0169. The van der Waals surface area contributed by atoms with Gasteiger partial charge in [-0.3, -0.25) is 37.3 Å². The lowest BCUT2D eigenvalue weighted by molar-refractivity contribution is -0.161. The summed E-state index contributed by atoms with van der Waals surface area (Å²) in [6.45, 7) is 11.6. The first kappa shape index (κ1) is 83.5. The molecule has 0 heterocycles. The highest BCUT2D eigenvalue weighted by Crippen LogP contribution is 2.45. The van der Waals surface area contributed by atoms with Gasteiger partial charge in [0.2, 0.25) is 0 Å². The van der Waals surface area contributed by atoms with Crippen molar-refractivity contribution in [2.75, 3.05) is 39.6 Å². The molecule has 6 atom stereocenters. The predicted molar refractivity (Wildman–Crippen MR) is 344 cm³/mol. The molecule has 0 aromatic rings. The van der Waals surface area contributed by atoms with Crippen molar-refractivity contribution in [1.82, 2.24) is 0 Å². The Balaban J connectivity index is 5.28. The number of ether oxygens (including phenoxy) is 4. The van der Waals surface area contributed by atoms with E-state index in [-0.39, 0.29) is 25.7 Å². The van der Waals surface area contributed by atoms with Gasteiger partial charge in [0, 0.05) is 25.7 Å². The first-order valence-electron chi connectivity index (χ1n) is 34.2. The highest BCUT2D eigenvalue weighted by Gasteiger charge is 2.30. The van der Waals surface area contributed by atoms with Crippen molar-refractivity contribution in [2.45, 2.75) is 324 Å². The van der Waals surface area contributed by atoms with E-state index in [0.717, 1.165) is 121 Å². The number of phosphoric acid groups is 2. The molecule has 3 unspecified atom stereocenters. The number of esters is 4. The number of rotatable bonds is 63. The second-order valence-corrected chi connectivity index (χ2v) is 27.6. The van der Waals surface area contributed by atoms with E-state index in [1.54, 1.807) is 0 Å². The van der Waals surface area contributed by atoms with E-state index in [4.69, 9.17) is 37.0 Å². The van der Waals surface area contributed by atoms with Crippen LogP contribution in [0.5, 0.6) is 0 Å². The van der Waals surface area contributed by atoms with Crippen LogP contribution >= 0.6 is 15.6 Å². The van der Waals surface area contributed by atoms with E-state index in [1.807, 2.05) is 0 Å². The zero-order chi connectivity index (χ0) is 63.8. The maximum Gasteiger partial charge on any atom is 0.472 e. The van der Waals surface area contributed by atoms with Crippen LogP contribution in [0.25, 0.3) is 0 Å². The van der Waals surface area contributed by atoms with Gasteiger partial charge in [-0.25, -0.2) is 9.13 Å². The van der Waals surface area contributed by atoms with Gasteiger partial charge in [0.15, 0.2) is 12.2 Å². The third-order valence-corrected chi connectivity index (χ3v) is 17.0. The van der Waals surface area contributed by atoms with Crippen LogP contribution in [0.2, 0.25) is 0 Å². The lowest BCUT2D eigenvalue weighted by Gasteiger charge is -2.21. The number of hydrogen-bond acceptors (Lipinski definition) is 15. The molecule has 0 bridgehead atoms. The molecular formula is C67H126O17P2. The molecule has 19 heteroatoms. The van der Waals surface area contributed by atoms with E-state index in [9.17, 15) is 43.2 Å². The van der Waals surface area contributed by atoms with Crippen molar-refractivity contribution in [3.8, 4) is 0 Å². The predicted octanol–water partition coefficient (Wildman–Crippen LogP) is 18.2. The molecule has 3 N–H and O–H groups in total. The molecule has 0 saturated carbocycles. The van der Waals surface area contributed by atoms with E-state index < -0.39 is 97.5 Å². The largest absolute Gasteiger partial charge is 0.472 e. The van der Waals surface area contributed by atoms with Crippen LogP contribution in [0.15, 0.2) is 24.3 Å². The van der Waals surface area contributed by atoms with E-state index >= 15 is 0 Å². The molecule has 17 nitrogen and oxygen atoms in total. The topological polar surface area (TPSA) is 237 Å². The van der Waals surface area contributed by atoms with Crippen LogP contribution in [0.1, 0.15) is 305 Å². The number of carbonyl (C=O) groups excluding carboxylic acids is 4. The number of unbranched alkanes of at least 4 members (excludes halogenated alkanes) is 27. The van der Waals surface area contributed by atoms with Gasteiger partial charge < -0.3 is 33.8 Å². The normalized spacial score (nSPS) is 14.8. The fourth-order valence-electron chi connectivity index (χ4n) is 9.44. The average molecular weight is 1270 g/mol. The Morgan fingerprint density at radius 1 is 0.384 bits per heavy atom. The van der Waals surface area contributed by atoms with Crippen molar-refractivity contribution in [3.05, 3.63) is 24.3 Å². The molecule has 0 aromatic carbocycles. The van der Waals surface area contributed by atoms with E-state index in [2.05, 4.69) is 72.8 Å². The number of phosphoric ester groups is 2. The fourth-order valence-corrected chi connectivity index (χ4v) is 11.0. The zero-order valence-electron chi connectivity index (χ0n) is 55.3. The van der Waals surface area contributed by atoms with Crippen LogP contribution in [0.3, 0.4) is 0 Å². The summed E-state index contributed by atoms with van der Waals surface area (Å²) >= 11 is 0. The highest BCUT2D eigenvalue weighted by molar-refractivity contribution is 7.47. The lowest BCUT2D eigenvalue weighted by atomic mass is 10.00. The fraction of sp³-hybridized carbons (Fsp3) is 0.881. The Morgan fingerprint density at radius 2 is 0.686 bits per heavy atom. The highest BCUT2D eigenvalue weighted by atomic mass is 31.2. The van der Waals surface area contributed by atoms with Crippen LogP contribution in [-0.2, 0) is 65.4 Å². The number of aliphatic hydroxyl groups is 1. The lowest BCUT2D eigenvalue weighted by Crippen LogP contribution is -2.30. The Hall–Kier alpha value is -2.46. The molecule has 86 heavy (non-hydrogen) atoms. The van der Waals surface area contributed by atoms with Gasteiger partial charge >= 0.3 is 39.5 Å². The number of carbonyl (C=O) groups is 4. The summed E-state index contributed by atoms with van der Waals surface area (Å²) in [5.41, 5.74) is 0. The molecule has 0 aliphatic rings. The summed E-state index contributed by atoms with van der Waals surface area (Å²) in [5.74, 6) is -0.0197. The van der Waals surface area contributed by atoms with Gasteiger partial charge in [-0.2, -0.15) is 0 Å². The molecule has 0 fully saturated rings. The molecule has 0 amide bonds. The number of hydrogen-bond donors (Lipinski definition) is 3. The standard InChI is InChI=1S/C67H126O17P2/c1-8-10-11-12-13-14-15-16-17-18-19-20-27-36-43-50-66(71)83-63(55-78-65(70)49-42-35-30-29-33-40-47-60(7)9-2)57-82-86(75,76)80-53-61(68)52-79-85(73,74)81-56-62(84-67(72)51-44-37-28-23-25-32-39-46-59(5)6)54-77-64(69)48-41-34-26-22-21-24-31-38-45-58(3)4/h14-17,58-63,68H,8-13,18-57H2,1-7H3,(H,73,74)(H,75,76)/b15-14-,17-16-/t60?,61-,62-,63-/m1/s1. The van der Waals surface area contributed by atoms with E-state index in [1.165, 1.54) is 96.3 Å². The number of aliphatic hydroxyl groups excluding tert-OH is 1. The minimum atomic E-state index is -4.96. The Kier molecular flexibility index (Phi) is 56.0. The Labute approximate surface area is 522 Å². The SMILES string of the molecule is CCCCCC/C=C\C=C/CCCCCCCC(=O)O[C@H](COC(=O)CCCCCCCCC(C)CC)COP(=O)(O)OC[C@H](O)COP(=O)(O)OC[C@@H](COC(=O)CCCCCCCCCCC(C)C)OC(=O)CCCCCCCCCC(C)C. The minimum absolute atomic E-state index is 0.0834. The average Bonchev–Trinajstić information content (AvgIpc) is 3.68. The minimum Gasteiger partial charge on any atom is -0.462 e. The van der Waals surface area contributed by atoms with Crippen molar-refractivity contribution in [1.29, 1.82) is 0 Å². The molecule has 0 saturated heterocycles. The third-order valence-electron chi connectivity index (χ3n) is 15.1. The summed E-state index contributed by atoms with van der Waals surface area (Å²) in [6, 6.07) is 0. The van der Waals surface area contributed by atoms with Gasteiger partial charge in [-0.05, 0) is 69.1 Å². The van der Waals surface area contributed by atoms with Crippen molar-refractivity contribution >= 4 is 39.5 Å². The molecule has 0 spiro atoms. The summed E-state index contributed by atoms with van der Waals surface area (Å²) < 4.78 is 68.0. The first-order chi connectivity index (χ1) is 41.3. The van der Waals surface area contributed by atoms with Crippen molar-refractivity contribution < 1.29 is 80.2 Å². The van der Waals surface area contributed by atoms with Crippen LogP contribution in [-0.4, -0.2) is 96.7 Å². The Bertz CT molecular complexity index is 1790. The molecule has 0 radical (unpaired) electrons. The second kappa shape index (κ2) is 57.7. The van der Waals surface area contributed by atoms with Crippen LogP contribution < -0.4 is 0 Å². The van der Waals surface area contributed by atoms with Gasteiger partial charge in [0.25, 0.3) is 0 Å². The van der Waals surface area contributed by atoms with Crippen molar-refractivity contribution in [3.63, 3.8) is 0 Å². The maximum atomic E-state index is 13.0. The summed E-state index contributed by atoms with van der Waals surface area (Å²) in [5, 5.41) is 10.6. The van der Waals surface area contributed by atoms with Gasteiger partial charge in [-0.1, -0.05) is 253 Å². The zero-order valence-corrected chi connectivity index (χ0v) is 57.0. The Morgan fingerprint density at radius 3 is 1.03 bits per heavy atom. The van der Waals surface area contributed by atoms with Crippen molar-refractivity contribution in [2.24, 2.45) is 17.8 Å². The first-order valence-corrected chi connectivity index (χ1v) is 37.2. The molecule has 506 valence electrons. The monoisotopic (exact) mass is 1260 g/mol. The van der Waals surface area contributed by atoms with Crippen LogP contribution in [0, 0.1) is 17.8 Å². The molecule has 0 rings (SSSR count). The third kappa shape index (κ3) is 59.2. The van der Waals surface area contributed by atoms with Crippen LogP contribution in [0.4, 0.5) is 0 Å². The van der Waals surface area contributed by atoms with Gasteiger partial charge in [0.05, 0.1) is 26.4 Å². The molecular weight excluding hydrogens is 1140 g/mol. The summed E-state index contributed by atoms with van der Waals surface area (Å²) in [7, 11) is -9.91.